The van der Waals surface area contributed by atoms with Crippen molar-refractivity contribution in [3.63, 3.8) is 0 Å². The Labute approximate surface area is 145 Å². The van der Waals surface area contributed by atoms with Gasteiger partial charge in [0.15, 0.2) is 0 Å². The topological polar surface area (TPSA) is 103 Å². The molecule has 1 aromatic carbocycles. The number of amides is 2. The molecular weight excluding hydrogens is 320 g/mol. The van der Waals surface area contributed by atoms with Gasteiger partial charge in [-0.1, -0.05) is 12.1 Å². The predicted octanol–water partition coefficient (Wildman–Crippen LogP) is 0.374. The number of H-pyrrole nitrogens is 1. The van der Waals surface area contributed by atoms with E-state index in [9.17, 15) is 14.4 Å². The van der Waals surface area contributed by atoms with Crippen molar-refractivity contribution in [3.8, 4) is 0 Å². The number of para-hydroxylation sites is 1. The lowest BCUT2D eigenvalue weighted by Crippen LogP contribution is -2.39. The molecule has 1 aliphatic heterocycles. The first-order valence-electron chi connectivity index (χ1n) is 8.51. The molecule has 3 rings (SSSR count). The number of rotatable bonds is 6. The normalized spacial score (nSPS) is 16.7. The van der Waals surface area contributed by atoms with Gasteiger partial charge in [0.05, 0.1) is 6.54 Å². The first-order valence-corrected chi connectivity index (χ1v) is 8.51. The quantitative estimate of drug-likeness (QED) is 0.609. The predicted molar refractivity (Wildman–Crippen MR) is 95.5 cm³/mol. The monoisotopic (exact) mass is 342 g/mol. The van der Waals surface area contributed by atoms with E-state index in [2.05, 4.69) is 20.9 Å². The minimum Gasteiger partial charge on any atom is -0.360 e. The Morgan fingerprint density at radius 1 is 1.20 bits per heavy atom. The molecule has 1 fully saturated rings. The number of hydrogen-bond acceptors (Lipinski definition) is 4. The standard InChI is InChI=1S/C18H22N4O3/c23-16(20-8-6-12-5-7-19-9-12)11-22-18(25)14-10-21-15-4-2-1-3-13(15)17(14)24/h1-4,10,12,19H,5-9,11H2,(H,20,23)(H,21,24)(H,22,25). The van der Waals surface area contributed by atoms with E-state index >= 15 is 0 Å². The van der Waals surface area contributed by atoms with E-state index in [1.165, 1.54) is 6.20 Å². The number of fused-ring (bicyclic) bond motifs is 1. The molecular formula is C18H22N4O3. The summed E-state index contributed by atoms with van der Waals surface area (Å²) in [5.41, 5.74) is 0.327. The summed E-state index contributed by atoms with van der Waals surface area (Å²) in [5.74, 6) is -0.204. The molecule has 2 amide bonds. The summed E-state index contributed by atoms with van der Waals surface area (Å²) in [6.45, 7) is 2.48. The number of nitrogens with one attached hydrogen (secondary N) is 4. The van der Waals surface area contributed by atoms with E-state index in [0.717, 1.165) is 25.9 Å². The van der Waals surface area contributed by atoms with Crippen LogP contribution in [0.25, 0.3) is 10.9 Å². The van der Waals surface area contributed by atoms with Crippen molar-refractivity contribution in [1.82, 2.24) is 20.9 Å². The lowest BCUT2D eigenvalue weighted by molar-refractivity contribution is -0.120. The minimum absolute atomic E-state index is 0.00327. The largest absolute Gasteiger partial charge is 0.360 e. The summed E-state index contributed by atoms with van der Waals surface area (Å²) in [4.78, 5) is 39.3. The number of carbonyl (C=O) groups is 2. The van der Waals surface area contributed by atoms with Gasteiger partial charge in [0.2, 0.25) is 11.3 Å². The maximum absolute atomic E-state index is 12.3. The van der Waals surface area contributed by atoms with Gasteiger partial charge in [0, 0.05) is 23.6 Å². The summed E-state index contributed by atoms with van der Waals surface area (Å²) >= 11 is 0. The maximum Gasteiger partial charge on any atom is 0.257 e. The fraction of sp³-hybridized carbons (Fsp3) is 0.389. The molecule has 0 saturated carbocycles. The second kappa shape index (κ2) is 7.94. The third-order valence-corrected chi connectivity index (χ3v) is 4.48. The second-order valence-electron chi connectivity index (χ2n) is 6.26. The van der Waals surface area contributed by atoms with Gasteiger partial charge in [-0.2, -0.15) is 0 Å². The van der Waals surface area contributed by atoms with Crippen LogP contribution in [0.3, 0.4) is 0 Å². The fourth-order valence-electron chi connectivity index (χ4n) is 3.03. The number of aromatic nitrogens is 1. The van der Waals surface area contributed by atoms with Crippen LogP contribution in [-0.2, 0) is 4.79 Å². The third-order valence-electron chi connectivity index (χ3n) is 4.48. The zero-order chi connectivity index (χ0) is 17.6. The van der Waals surface area contributed by atoms with Crippen molar-refractivity contribution in [3.05, 3.63) is 46.2 Å². The number of aromatic amines is 1. The summed E-state index contributed by atoms with van der Waals surface area (Å²) in [6.07, 6.45) is 3.44. The van der Waals surface area contributed by atoms with Crippen molar-refractivity contribution < 1.29 is 9.59 Å². The summed E-state index contributed by atoms with van der Waals surface area (Å²) < 4.78 is 0. The molecule has 1 aromatic heterocycles. The van der Waals surface area contributed by atoms with E-state index in [1.54, 1.807) is 18.2 Å². The smallest absolute Gasteiger partial charge is 0.257 e. The Morgan fingerprint density at radius 2 is 2.04 bits per heavy atom. The van der Waals surface area contributed by atoms with Gasteiger partial charge >= 0.3 is 0 Å². The van der Waals surface area contributed by atoms with Crippen LogP contribution in [0.15, 0.2) is 35.3 Å². The van der Waals surface area contributed by atoms with Crippen LogP contribution in [0.2, 0.25) is 0 Å². The van der Waals surface area contributed by atoms with Crippen molar-refractivity contribution >= 4 is 22.7 Å². The van der Waals surface area contributed by atoms with Crippen molar-refractivity contribution in [2.45, 2.75) is 12.8 Å². The first-order chi connectivity index (χ1) is 12.1. The maximum atomic E-state index is 12.3. The minimum atomic E-state index is -0.554. The zero-order valence-electron chi connectivity index (χ0n) is 13.9. The van der Waals surface area contributed by atoms with Gasteiger partial charge in [-0.3, -0.25) is 14.4 Å². The highest BCUT2D eigenvalue weighted by molar-refractivity contribution is 5.98. The SMILES string of the molecule is O=C(CNC(=O)c1c[nH]c2ccccc2c1=O)NCCC1CCNC1. The first kappa shape index (κ1) is 17.2. The molecule has 0 radical (unpaired) electrons. The Kier molecular flexibility index (Phi) is 5.45. The number of pyridine rings is 1. The van der Waals surface area contributed by atoms with Gasteiger partial charge in [0.25, 0.3) is 5.91 Å². The highest BCUT2D eigenvalue weighted by Gasteiger charge is 2.15. The molecule has 0 bridgehead atoms. The summed E-state index contributed by atoms with van der Waals surface area (Å²) in [6, 6.07) is 6.98. The zero-order valence-corrected chi connectivity index (χ0v) is 13.9. The summed E-state index contributed by atoms with van der Waals surface area (Å²) in [5, 5.41) is 9.03. The van der Waals surface area contributed by atoms with Crippen molar-refractivity contribution in [2.75, 3.05) is 26.2 Å². The van der Waals surface area contributed by atoms with Gasteiger partial charge in [-0.15, -0.1) is 0 Å². The van der Waals surface area contributed by atoms with Gasteiger partial charge in [0.1, 0.15) is 5.56 Å². The van der Waals surface area contributed by atoms with Crippen LogP contribution in [0, 0.1) is 5.92 Å². The van der Waals surface area contributed by atoms with Crippen LogP contribution in [0.1, 0.15) is 23.2 Å². The molecule has 0 aliphatic carbocycles. The molecule has 1 aliphatic rings. The van der Waals surface area contributed by atoms with Crippen LogP contribution in [0.5, 0.6) is 0 Å². The lowest BCUT2D eigenvalue weighted by Gasteiger charge is -2.10. The molecule has 0 spiro atoms. The fourth-order valence-corrected chi connectivity index (χ4v) is 3.03. The van der Waals surface area contributed by atoms with E-state index in [0.29, 0.717) is 23.4 Å². The lowest BCUT2D eigenvalue weighted by atomic mass is 10.1. The van der Waals surface area contributed by atoms with Crippen LogP contribution >= 0.6 is 0 Å². The molecule has 7 nitrogen and oxygen atoms in total. The Balaban J connectivity index is 1.51. The van der Waals surface area contributed by atoms with Crippen LogP contribution < -0.4 is 21.4 Å². The van der Waals surface area contributed by atoms with Crippen LogP contribution in [0.4, 0.5) is 0 Å². The summed E-state index contributed by atoms with van der Waals surface area (Å²) in [7, 11) is 0. The van der Waals surface area contributed by atoms with E-state index < -0.39 is 5.91 Å². The molecule has 1 saturated heterocycles. The molecule has 25 heavy (non-hydrogen) atoms. The average Bonchev–Trinajstić information content (AvgIpc) is 3.14. The number of hydrogen-bond donors (Lipinski definition) is 4. The van der Waals surface area contributed by atoms with E-state index in [-0.39, 0.29) is 23.4 Å². The molecule has 1 unspecified atom stereocenters. The van der Waals surface area contributed by atoms with Crippen LogP contribution in [-0.4, -0.2) is 43.0 Å². The Morgan fingerprint density at radius 3 is 2.84 bits per heavy atom. The van der Waals surface area contributed by atoms with Crippen molar-refractivity contribution in [1.29, 1.82) is 0 Å². The second-order valence-corrected chi connectivity index (χ2v) is 6.26. The van der Waals surface area contributed by atoms with Gasteiger partial charge in [-0.25, -0.2) is 0 Å². The molecule has 7 heteroatoms. The molecule has 2 aromatic rings. The van der Waals surface area contributed by atoms with Crippen molar-refractivity contribution in [2.24, 2.45) is 5.92 Å². The van der Waals surface area contributed by atoms with Gasteiger partial charge < -0.3 is 20.9 Å². The van der Waals surface area contributed by atoms with E-state index in [4.69, 9.17) is 0 Å². The molecule has 132 valence electrons. The average molecular weight is 342 g/mol. The Hall–Kier alpha value is -2.67. The third kappa shape index (κ3) is 4.24. The van der Waals surface area contributed by atoms with E-state index in [1.807, 2.05) is 6.07 Å². The molecule has 1 atom stereocenters. The molecule has 2 heterocycles. The highest BCUT2D eigenvalue weighted by atomic mass is 16.2. The highest BCUT2D eigenvalue weighted by Crippen LogP contribution is 2.10. The van der Waals surface area contributed by atoms with Gasteiger partial charge in [-0.05, 0) is 44.0 Å². The Bertz CT molecular complexity index is 824. The number of carbonyl (C=O) groups excluding carboxylic acids is 2. The molecule has 4 N–H and O–H groups in total. The number of benzene rings is 1.